The normalized spacial score (nSPS) is 14.6. The Morgan fingerprint density at radius 2 is 1.23 bits per heavy atom. The standard InChI is InChI=1S/C33H57O10P/c1-3-5-7-9-11-12-13-14-15-17-18-20-23-30(34)31(35)24-22-26-33(37)43-29(28-42-44(38,39)40)27-41-32(36)25-21-19-16-10-8-6-4-2/h5,7,11-12,14-15,18,20,29-31,34-35H,3-4,6,8-10,13,16-17,19,21-28H2,1-2H3,(H2,38,39,40)/b7-5-,12-11-,15-14-,20-18-/t29-,30-,31-/m1/s1. The fourth-order valence-corrected chi connectivity index (χ4v) is 4.41. The molecule has 0 rings (SSSR count). The van der Waals surface area contributed by atoms with Crippen LogP contribution in [0.2, 0.25) is 0 Å². The SMILES string of the molecule is CC/C=C\C/C=C\C/C=C\C/C=C\C[C@@H](O)[C@H](O)CCCC(=O)O[C@H](COC(=O)CCCCCCCCC)COP(=O)(O)O. The number of carbonyl (C=O) groups excluding carboxylic acids is 2. The summed E-state index contributed by atoms with van der Waals surface area (Å²) in [5.41, 5.74) is 0. The van der Waals surface area contributed by atoms with E-state index in [-0.39, 0.29) is 32.1 Å². The predicted octanol–water partition coefficient (Wildman–Crippen LogP) is 6.78. The average Bonchev–Trinajstić information content (AvgIpc) is 2.98. The lowest BCUT2D eigenvalue weighted by molar-refractivity contribution is -0.161. The number of hydrogen-bond donors (Lipinski definition) is 4. The maximum absolute atomic E-state index is 12.3. The first-order valence-electron chi connectivity index (χ1n) is 16.1. The van der Waals surface area contributed by atoms with Gasteiger partial charge in [0.2, 0.25) is 0 Å². The van der Waals surface area contributed by atoms with E-state index in [9.17, 15) is 24.4 Å². The number of aliphatic hydroxyl groups excluding tert-OH is 2. The molecule has 0 saturated heterocycles. The van der Waals surface area contributed by atoms with Crippen molar-refractivity contribution in [2.24, 2.45) is 0 Å². The lowest BCUT2D eigenvalue weighted by Crippen LogP contribution is -2.30. The number of ether oxygens (including phenoxy) is 2. The van der Waals surface area contributed by atoms with Crippen LogP contribution in [-0.2, 0) is 28.2 Å². The Kier molecular flexibility index (Phi) is 27.1. The minimum Gasteiger partial charge on any atom is -0.462 e. The highest BCUT2D eigenvalue weighted by Gasteiger charge is 2.23. The second kappa shape index (κ2) is 28.4. The van der Waals surface area contributed by atoms with Crippen molar-refractivity contribution in [1.29, 1.82) is 0 Å². The predicted molar refractivity (Wildman–Crippen MR) is 173 cm³/mol. The molecule has 0 radical (unpaired) electrons. The molecule has 0 aromatic heterocycles. The summed E-state index contributed by atoms with van der Waals surface area (Å²) in [7, 11) is -4.82. The largest absolute Gasteiger partial charge is 0.469 e. The van der Waals surface area contributed by atoms with Gasteiger partial charge in [-0.2, -0.15) is 0 Å². The molecule has 44 heavy (non-hydrogen) atoms. The third-order valence-corrected chi connectivity index (χ3v) is 7.05. The van der Waals surface area contributed by atoms with E-state index >= 15 is 0 Å². The molecule has 3 atom stereocenters. The van der Waals surface area contributed by atoms with Crippen LogP contribution < -0.4 is 0 Å². The van der Waals surface area contributed by atoms with Gasteiger partial charge in [0.25, 0.3) is 0 Å². The van der Waals surface area contributed by atoms with Crippen molar-refractivity contribution in [3.8, 4) is 0 Å². The van der Waals surface area contributed by atoms with E-state index in [2.05, 4.69) is 48.8 Å². The third kappa shape index (κ3) is 28.7. The molecule has 0 amide bonds. The van der Waals surface area contributed by atoms with Gasteiger partial charge in [-0.15, -0.1) is 0 Å². The summed E-state index contributed by atoms with van der Waals surface area (Å²) < 4.78 is 25.9. The van der Waals surface area contributed by atoms with Crippen molar-refractivity contribution in [1.82, 2.24) is 0 Å². The van der Waals surface area contributed by atoms with E-state index < -0.39 is 51.3 Å². The van der Waals surface area contributed by atoms with E-state index in [4.69, 9.17) is 19.3 Å². The van der Waals surface area contributed by atoms with Gasteiger partial charge in [0, 0.05) is 12.8 Å². The Balaban J connectivity index is 4.34. The van der Waals surface area contributed by atoms with E-state index in [1.54, 1.807) is 6.08 Å². The molecular formula is C33H57O10P. The number of esters is 2. The first-order chi connectivity index (χ1) is 21.1. The fourth-order valence-electron chi connectivity index (χ4n) is 4.05. The summed E-state index contributed by atoms with van der Waals surface area (Å²) in [6, 6.07) is 0. The smallest absolute Gasteiger partial charge is 0.462 e. The molecule has 10 nitrogen and oxygen atoms in total. The molecule has 0 spiro atoms. The maximum atomic E-state index is 12.3. The molecular weight excluding hydrogens is 587 g/mol. The first kappa shape index (κ1) is 41.9. The monoisotopic (exact) mass is 644 g/mol. The molecule has 0 aromatic carbocycles. The first-order valence-corrected chi connectivity index (χ1v) is 17.6. The second-order valence-corrected chi connectivity index (χ2v) is 12.0. The highest BCUT2D eigenvalue weighted by Crippen LogP contribution is 2.35. The number of carbonyl (C=O) groups is 2. The van der Waals surface area contributed by atoms with Crippen molar-refractivity contribution in [3.63, 3.8) is 0 Å². The number of hydrogen-bond acceptors (Lipinski definition) is 8. The molecule has 0 aliphatic carbocycles. The highest BCUT2D eigenvalue weighted by molar-refractivity contribution is 7.46. The van der Waals surface area contributed by atoms with Gasteiger partial charge >= 0.3 is 19.8 Å². The minimum atomic E-state index is -4.82. The van der Waals surface area contributed by atoms with E-state index in [1.807, 2.05) is 12.2 Å². The second-order valence-electron chi connectivity index (χ2n) is 10.7. The number of phosphoric ester groups is 1. The van der Waals surface area contributed by atoms with Gasteiger partial charge in [-0.25, -0.2) is 4.57 Å². The van der Waals surface area contributed by atoms with E-state index in [0.717, 1.165) is 44.9 Å². The van der Waals surface area contributed by atoms with Crippen molar-refractivity contribution >= 4 is 19.8 Å². The molecule has 0 heterocycles. The summed E-state index contributed by atoms with van der Waals surface area (Å²) >= 11 is 0. The number of aliphatic hydroxyl groups is 2. The summed E-state index contributed by atoms with van der Waals surface area (Å²) in [6.45, 7) is 3.22. The molecule has 11 heteroatoms. The molecule has 0 saturated carbocycles. The summed E-state index contributed by atoms with van der Waals surface area (Å²) in [4.78, 5) is 42.4. The van der Waals surface area contributed by atoms with Gasteiger partial charge in [0.05, 0.1) is 18.8 Å². The Bertz CT molecular complexity index is 893. The van der Waals surface area contributed by atoms with Gasteiger partial charge in [0.15, 0.2) is 6.10 Å². The number of rotatable bonds is 28. The van der Waals surface area contributed by atoms with Crippen molar-refractivity contribution in [2.45, 2.75) is 135 Å². The fraction of sp³-hybridized carbons (Fsp3) is 0.697. The minimum absolute atomic E-state index is 0.105. The zero-order chi connectivity index (χ0) is 32.9. The molecule has 0 aliphatic heterocycles. The number of phosphoric acid groups is 1. The van der Waals surface area contributed by atoms with Gasteiger partial charge in [-0.3, -0.25) is 14.1 Å². The quantitative estimate of drug-likeness (QED) is 0.0309. The summed E-state index contributed by atoms with van der Waals surface area (Å²) in [5.74, 6) is -1.19. The Labute approximate surface area is 264 Å². The van der Waals surface area contributed by atoms with Crippen molar-refractivity contribution in [3.05, 3.63) is 48.6 Å². The van der Waals surface area contributed by atoms with Crippen molar-refractivity contribution < 1.29 is 48.2 Å². The molecule has 0 fully saturated rings. The van der Waals surface area contributed by atoms with Crippen LogP contribution in [0.3, 0.4) is 0 Å². The van der Waals surface area contributed by atoms with Crippen LogP contribution >= 0.6 is 7.82 Å². The van der Waals surface area contributed by atoms with E-state index in [1.165, 1.54) is 19.3 Å². The van der Waals surface area contributed by atoms with Crippen LogP contribution in [0.25, 0.3) is 0 Å². The molecule has 254 valence electrons. The van der Waals surface area contributed by atoms with Crippen LogP contribution in [0.1, 0.15) is 117 Å². The molecule has 0 aliphatic rings. The van der Waals surface area contributed by atoms with Crippen LogP contribution in [0.15, 0.2) is 48.6 Å². The molecule has 0 unspecified atom stereocenters. The van der Waals surface area contributed by atoms with Crippen LogP contribution in [0.5, 0.6) is 0 Å². The third-order valence-electron chi connectivity index (χ3n) is 6.56. The summed E-state index contributed by atoms with van der Waals surface area (Å²) in [6.07, 6.45) is 24.7. The van der Waals surface area contributed by atoms with Gasteiger partial charge in [-0.1, -0.05) is 101 Å². The Hall–Kier alpha value is -2.07. The van der Waals surface area contributed by atoms with Crippen LogP contribution in [-0.4, -0.2) is 63.5 Å². The molecule has 4 N–H and O–H groups in total. The topological polar surface area (TPSA) is 160 Å². The number of unbranched alkanes of at least 4 members (excludes halogenated alkanes) is 6. The molecule has 0 bridgehead atoms. The molecule has 0 aromatic rings. The average molecular weight is 645 g/mol. The van der Waals surface area contributed by atoms with E-state index in [0.29, 0.717) is 6.42 Å². The van der Waals surface area contributed by atoms with Gasteiger partial charge in [-0.05, 0) is 51.4 Å². The zero-order valence-electron chi connectivity index (χ0n) is 26.8. The highest BCUT2D eigenvalue weighted by atomic mass is 31.2. The van der Waals surface area contributed by atoms with Gasteiger partial charge in [0.1, 0.15) is 6.61 Å². The Morgan fingerprint density at radius 1 is 0.682 bits per heavy atom. The van der Waals surface area contributed by atoms with Crippen LogP contribution in [0, 0.1) is 0 Å². The summed E-state index contributed by atoms with van der Waals surface area (Å²) in [5, 5.41) is 20.4. The lowest BCUT2D eigenvalue weighted by Gasteiger charge is -2.19. The van der Waals surface area contributed by atoms with Crippen molar-refractivity contribution in [2.75, 3.05) is 13.2 Å². The van der Waals surface area contributed by atoms with Gasteiger partial charge < -0.3 is 29.5 Å². The zero-order valence-corrected chi connectivity index (χ0v) is 27.7. The Morgan fingerprint density at radius 3 is 1.82 bits per heavy atom. The maximum Gasteiger partial charge on any atom is 0.469 e. The lowest BCUT2D eigenvalue weighted by atomic mass is 10.0. The van der Waals surface area contributed by atoms with Crippen LogP contribution in [0.4, 0.5) is 0 Å². The number of allylic oxidation sites excluding steroid dienone is 7.